The van der Waals surface area contributed by atoms with Crippen molar-refractivity contribution in [1.82, 2.24) is 0 Å². The second-order valence-electron chi connectivity index (χ2n) is 6.03. The lowest BCUT2D eigenvalue weighted by atomic mass is 9.99. The van der Waals surface area contributed by atoms with Gasteiger partial charge in [-0.1, -0.05) is 38.1 Å². The second kappa shape index (κ2) is 8.33. The largest absolute Gasteiger partial charge is 0.507 e. The molecule has 5 heteroatoms. The molecule has 0 saturated heterocycles. The van der Waals surface area contributed by atoms with Crippen LogP contribution in [-0.4, -0.2) is 23.6 Å². The monoisotopic (exact) mass is 341 g/mol. The molecule has 2 N–H and O–H groups in total. The Bertz CT molecular complexity index is 753. The highest BCUT2D eigenvalue weighted by Crippen LogP contribution is 2.22. The smallest absolute Gasteiger partial charge is 0.342 e. The van der Waals surface area contributed by atoms with Crippen LogP contribution in [-0.2, 0) is 9.53 Å². The number of rotatable bonds is 6. The number of anilines is 1. The van der Waals surface area contributed by atoms with Crippen LogP contribution in [0.15, 0.2) is 42.5 Å². The van der Waals surface area contributed by atoms with Crippen molar-refractivity contribution in [2.45, 2.75) is 33.1 Å². The normalized spacial score (nSPS) is 11.6. The summed E-state index contributed by atoms with van der Waals surface area (Å²) in [6.45, 7) is 5.54. The molecule has 0 aliphatic heterocycles. The van der Waals surface area contributed by atoms with Gasteiger partial charge in [-0.3, -0.25) is 4.79 Å². The Hall–Kier alpha value is -2.82. The van der Waals surface area contributed by atoms with E-state index in [9.17, 15) is 14.7 Å². The fourth-order valence-corrected chi connectivity index (χ4v) is 2.36. The number of para-hydroxylation sites is 1. The predicted octanol–water partition coefficient (Wildman–Crippen LogP) is 4.01. The molecule has 0 heterocycles. The maximum Gasteiger partial charge on any atom is 0.342 e. The van der Waals surface area contributed by atoms with Gasteiger partial charge in [-0.2, -0.15) is 0 Å². The van der Waals surface area contributed by atoms with Gasteiger partial charge in [-0.05, 0) is 48.6 Å². The van der Waals surface area contributed by atoms with Crippen LogP contribution in [0.1, 0.15) is 47.7 Å². The van der Waals surface area contributed by atoms with Gasteiger partial charge >= 0.3 is 5.97 Å². The summed E-state index contributed by atoms with van der Waals surface area (Å²) in [5.74, 6) is -0.832. The lowest BCUT2D eigenvalue weighted by Gasteiger charge is -2.11. The van der Waals surface area contributed by atoms with Crippen LogP contribution in [0.2, 0.25) is 0 Å². The van der Waals surface area contributed by atoms with Gasteiger partial charge in [-0.25, -0.2) is 4.79 Å². The van der Waals surface area contributed by atoms with Gasteiger partial charge in [0.05, 0.1) is 0 Å². The molecule has 2 aromatic rings. The van der Waals surface area contributed by atoms with Crippen LogP contribution < -0.4 is 5.32 Å². The highest BCUT2D eigenvalue weighted by atomic mass is 16.5. The van der Waals surface area contributed by atoms with Crippen molar-refractivity contribution in [3.05, 3.63) is 59.2 Å². The maximum atomic E-state index is 12.0. The molecule has 0 saturated carbocycles. The summed E-state index contributed by atoms with van der Waals surface area (Å²) in [5.41, 5.74) is 2.47. The lowest BCUT2D eigenvalue weighted by molar-refractivity contribution is -0.119. The third-order valence-corrected chi connectivity index (χ3v) is 4.17. The molecular formula is C20H23NO4. The molecular weight excluding hydrogens is 318 g/mol. The number of aryl methyl sites for hydroxylation is 1. The van der Waals surface area contributed by atoms with Gasteiger partial charge in [0.15, 0.2) is 6.61 Å². The van der Waals surface area contributed by atoms with Gasteiger partial charge < -0.3 is 15.2 Å². The number of hydrogen-bond acceptors (Lipinski definition) is 4. The SMILES string of the molecule is CCC(C)c1ccc(NC(=O)COC(=O)c2cccc(C)c2O)cc1. The number of benzene rings is 2. The molecule has 2 rings (SSSR count). The predicted molar refractivity (Wildman–Crippen MR) is 96.9 cm³/mol. The third kappa shape index (κ3) is 4.83. The minimum Gasteiger partial charge on any atom is -0.507 e. The molecule has 0 fully saturated rings. The van der Waals surface area contributed by atoms with Crippen LogP contribution in [0.5, 0.6) is 5.75 Å². The van der Waals surface area contributed by atoms with E-state index in [-0.39, 0.29) is 11.3 Å². The molecule has 25 heavy (non-hydrogen) atoms. The Morgan fingerprint density at radius 2 is 1.84 bits per heavy atom. The van der Waals surface area contributed by atoms with Crippen molar-refractivity contribution in [1.29, 1.82) is 0 Å². The van der Waals surface area contributed by atoms with Crippen molar-refractivity contribution < 1.29 is 19.4 Å². The highest BCUT2D eigenvalue weighted by Gasteiger charge is 2.15. The van der Waals surface area contributed by atoms with E-state index in [1.807, 2.05) is 24.3 Å². The first-order chi connectivity index (χ1) is 11.9. The molecule has 1 unspecified atom stereocenters. The summed E-state index contributed by atoms with van der Waals surface area (Å²) in [6.07, 6.45) is 1.05. The number of esters is 1. The zero-order valence-corrected chi connectivity index (χ0v) is 14.7. The lowest BCUT2D eigenvalue weighted by Crippen LogP contribution is -2.21. The molecule has 0 aliphatic rings. The molecule has 132 valence electrons. The van der Waals surface area contributed by atoms with Crippen molar-refractivity contribution >= 4 is 17.6 Å². The second-order valence-corrected chi connectivity index (χ2v) is 6.03. The zero-order chi connectivity index (χ0) is 18.4. The number of aromatic hydroxyl groups is 1. The molecule has 1 amide bonds. The Morgan fingerprint density at radius 3 is 2.48 bits per heavy atom. The fraction of sp³-hybridized carbons (Fsp3) is 0.300. The fourth-order valence-electron chi connectivity index (χ4n) is 2.36. The van der Waals surface area contributed by atoms with Gasteiger partial charge in [0.1, 0.15) is 11.3 Å². The first-order valence-corrected chi connectivity index (χ1v) is 8.27. The number of phenolic OH excluding ortho intramolecular Hbond substituents is 1. The molecule has 0 aromatic heterocycles. The number of nitrogens with one attached hydrogen (secondary N) is 1. The van der Waals surface area contributed by atoms with Gasteiger partial charge in [0, 0.05) is 5.69 Å². The number of phenols is 1. The van der Waals surface area contributed by atoms with E-state index in [2.05, 4.69) is 19.2 Å². The molecule has 0 aliphatic carbocycles. The first kappa shape index (κ1) is 18.5. The summed E-state index contributed by atoms with van der Waals surface area (Å²) in [7, 11) is 0. The van der Waals surface area contributed by atoms with Gasteiger partial charge in [0.2, 0.25) is 0 Å². The average Bonchev–Trinajstić information content (AvgIpc) is 2.62. The maximum absolute atomic E-state index is 12.0. The minimum absolute atomic E-state index is 0.0470. The zero-order valence-electron chi connectivity index (χ0n) is 14.7. The molecule has 5 nitrogen and oxygen atoms in total. The van der Waals surface area contributed by atoms with Gasteiger partial charge in [-0.15, -0.1) is 0 Å². The van der Waals surface area contributed by atoms with Gasteiger partial charge in [0.25, 0.3) is 5.91 Å². The average molecular weight is 341 g/mol. The topological polar surface area (TPSA) is 75.6 Å². The Labute approximate surface area is 147 Å². The Kier molecular flexibility index (Phi) is 6.17. The standard InChI is InChI=1S/C20H23NO4/c1-4-13(2)15-8-10-16(11-9-15)21-18(22)12-25-20(24)17-7-5-6-14(3)19(17)23/h5-11,13,23H,4,12H2,1-3H3,(H,21,22). The number of carbonyl (C=O) groups is 2. The number of amides is 1. The van der Waals surface area contributed by atoms with E-state index in [0.29, 0.717) is 17.2 Å². The highest BCUT2D eigenvalue weighted by molar-refractivity contribution is 5.96. The van der Waals surface area contributed by atoms with Crippen LogP contribution in [0.3, 0.4) is 0 Å². The van der Waals surface area contributed by atoms with E-state index in [1.165, 1.54) is 11.6 Å². The summed E-state index contributed by atoms with van der Waals surface area (Å²) < 4.78 is 4.97. The van der Waals surface area contributed by atoms with Crippen molar-refractivity contribution in [3.8, 4) is 5.75 Å². The van der Waals surface area contributed by atoms with Crippen LogP contribution in [0.25, 0.3) is 0 Å². The van der Waals surface area contributed by atoms with Crippen molar-refractivity contribution in [2.24, 2.45) is 0 Å². The Balaban J connectivity index is 1.90. The third-order valence-electron chi connectivity index (χ3n) is 4.17. The van der Waals surface area contributed by atoms with Crippen molar-refractivity contribution in [3.63, 3.8) is 0 Å². The van der Waals surface area contributed by atoms with Crippen LogP contribution in [0, 0.1) is 6.92 Å². The summed E-state index contributed by atoms with van der Waals surface area (Å²) in [5, 5.41) is 12.5. The van der Waals surface area contributed by atoms with E-state index >= 15 is 0 Å². The quantitative estimate of drug-likeness (QED) is 0.779. The number of carbonyl (C=O) groups excluding carboxylic acids is 2. The molecule has 2 aromatic carbocycles. The summed E-state index contributed by atoms with van der Waals surface area (Å²) in [4.78, 5) is 23.9. The molecule has 1 atom stereocenters. The first-order valence-electron chi connectivity index (χ1n) is 8.27. The minimum atomic E-state index is -0.733. The van der Waals surface area contributed by atoms with E-state index in [0.717, 1.165) is 6.42 Å². The van der Waals surface area contributed by atoms with Crippen LogP contribution >= 0.6 is 0 Å². The summed E-state index contributed by atoms with van der Waals surface area (Å²) >= 11 is 0. The molecule has 0 bridgehead atoms. The number of ether oxygens (including phenoxy) is 1. The Morgan fingerprint density at radius 1 is 1.16 bits per heavy atom. The summed E-state index contributed by atoms with van der Waals surface area (Å²) in [6, 6.07) is 12.4. The number of hydrogen-bond donors (Lipinski definition) is 2. The van der Waals surface area contributed by atoms with E-state index < -0.39 is 18.5 Å². The van der Waals surface area contributed by atoms with Crippen LogP contribution in [0.4, 0.5) is 5.69 Å². The van der Waals surface area contributed by atoms with E-state index in [1.54, 1.807) is 19.1 Å². The molecule has 0 radical (unpaired) electrons. The van der Waals surface area contributed by atoms with E-state index in [4.69, 9.17) is 4.74 Å². The van der Waals surface area contributed by atoms with Crippen molar-refractivity contribution in [2.75, 3.05) is 11.9 Å². The molecule has 0 spiro atoms.